The van der Waals surface area contributed by atoms with Crippen LogP contribution in [-0.4, -0.2) is 35.4 Å². The average molecular weight is 223 g/mol. The highest BCUT2D eigenvalue weighted by Crippen LogP contribution is 2.00. The molecule has 0 radical (unpaired) electrons. The van der Waals surface area contributed by atoms with Crippen LogP contribution >= 0.6 is 0 Å². The van der Waals surface area contributed by atoms with Crippen molar-refractivity contribution in [2.45, 2.75) is 6.42 Å². The van der Waals surface area contributed by atoms with Crippen LogP contribution in [0.1, 0.15) is 16.9 Å². The van der Waals surface area contributed by atoms with E-state index in [1.165, 1.54) is 12.4 Å². The number of anilines is 1. The normalized spacial score (nSPS) is 9.56. The molecule has 0 spiro atoms. The van der Waals surface area contributed by atoms with Crippen molar-refractivity contribution in [1.82, 2.24) is 15.3 Å². The molecule has 1 heterocycles. The quantitative estimate of drug-likeness (QED) is 0.600. The molecule has 0 unspecified atom stereocenters. The fourth-order valence-corrected chi connectivity index (χ4v) is 0.986. The maximum Gasteiger partial charge on any atom is 0.271 e. The van der Waals surface area contributed by atoms with Gasteiger partial charge in [-0.25, -0.2) is 4.98 Å². The summed E-state index contributed by atoms with van der Waals surface area (Å²) in [5, 5.41) is 5.28. The molecule has 0 bridgehead atoms. The summed E-state index contributed by atoms with van der Waals surface area (Å²) in [6.07, 6.45) is 2.95. The number of aromatic nitrogens is 2. The van der Waals surface area contributed by atoms with Crippen LogP contribution in [0, 0.1) is 0 Å². The van der Waals surface area contributed by atoms with Crippen molar-refractivity contribution >= 4 is 17.6 Å². The van der Waals surface area contributed by atoms with E-state index in [0.717, 1.165) is 0 Å². The Morgan fingerprint density at radius 2 is 2.19 bits per heavy atom. The van der Waals surface area contributed by atoms with E-state index < -0.39 is 5.91 Å². The largest absolute Gasteiger partial charge is 0.372 e. The van der Waals surface area contributed by atoms with Crippen molar-refractivity contribution in [1.29, 1.82) is 0 Å². The van der Waals surface area contributed by atoms with Crippen molar-refractivity contribution < 1.29 is 9.59 Å². The highest BCUT2D eigenvalue weighted by atomic mass is 16.2. The number of hydrogen-bond acceptors (Lipinski definition) is 5. The molecule has 0 aromatic carbocycles. The lowest BCUT2D eigenvalue weighted by molar-refractivity contribution is -0.117. The van der Waals surface area contributed by atoms with Crippen molar-refractivity contribution in [3.63, 3.8) is 0 Å². The minimum absolute atomic E-state index is 0.102. The minimum atomic E-state index is -0.463. The Bertz CT molecular complexity index is 393. The number of nitrogens with zero attached hydrogens (tertiary/aromatic N) is 2. The average Bonchev–Trinajstić information content (AvgIpc) is 2.28. The Kier molecular flexibility index (Phi) is 4.19. The van der Waals surface area contributed by atoms with Crippen LogP contribution in [0.25, 0.3) is 0 Å². The topological polar surface area (TPSA) is 110 Å². The Hall–Kier alpha value is -2.18. The summed E-state index contributed by atoms with van der Waals surface area (Å²) in [4.78, 5) is 29.8. The van der Waals surface area contributed by atoms with Crippen molar-refractivity contribution in [3.05, 3.63) is 18.1 Å². The lowest BCUT2D eigenvalue weighted by Crippen LogP contribution is -2.28. The molecule has 1 rings (SSSR count). The number of carbonyl (C=O) groups excluding carboxylic acids is 2. The highest BCUT2D eigenvalue weighted by molar-refractivity contribution is 5.92. The molecule has 0 aliphatic heterocycles. The third-order valence-electron chi connectivity index (χ3n) is 1.78. The zero-order valence-corrected chi connectivity index (χ0v) is 8.86. The maximum atomic E-state index is 11.5. The number of nitrogens with one attached hydrogen (secondary N) is 2. The van der Waals surface area contributed by atoms with Gasteiger partial charge >= 0.3 is 0 Å². The maximum absolute atomic E-state index is 11.5. The Morgan fingerprint density at radius 3 is 2.81 bits per heavy atom. The van der Waals surface area contributed by atoms with E-state index in [4.69, 9.17) is 5.73 Å². The van der Waals surface area contributed by atoms with Gasteiger partial charge < -0.3 is 16.4 Å². The second-order valence-corrected chi connectivity index (χ2v) is 3.01. The molecule has 4 N–H and O–H groups in total. The van der Waals surface area contributed by atoms with E-state index in [0.29, 0.717) is 5.82 Å². The summed E-state index contributed by atoms with van der Waals surface area (Å²) in [5.41, 5.74) is 5.13. The number of primary amides is 1. The first-order valence-corrected chi connectivity index (χ1v) is 4.69. The molecule has 0 saturated heterocycles. The zero-order valence-electron chi connectivity index (χ0n) is 8.86. The monoisotopic (exact) mass is 223 g/mol. The van der Waals surface area contributed by atoms with Gasteiger partial charge in [-0.3, -0.25) is 14.6 Å². The molecule has 0 atom stereocenters. The SMILES string of the molecule is CNc1cncc(C(=O)NCCC(N)=O)n1. The molecule has 0 fully saturated rings. The van der Waals surface area contributed by atoms with Gasteiger partial charge in [0.15, 0.2) is 0 Å². The predicted molar refractivity (Wildman–Crippen MR) is 57.7 cm³/mol. The van der Waals surface area contributed by atoms with Gasteiger partial charge in [-0.15, -0.1) is 0 Å². The molecule has 0 aliphatic carbocycles. The number of carbonyl (C=O) groups is 2. The van der Waals surface area contributed by atoms with Crippen LogP contribution in [0.3, 0.4) is 0 Å². The molecule has 0 saturated carbocycles. The third-order valence-corrected chi connectivity index (χ3v) is 1.78. The summed E-state index contributed by atoms with van der Waals surface area (Å²) in [6, 6.07) is 0. The summed E-state index contributed by atoms with van der Waals surface area (Å²) >= 11 is 0. The molecule has 7 heteroatoms. The van der Waals surface area contributed by atoms with E-state index in [1.807, 2.05) is 0 Å². The molecule has 7 nitrogen and oxygen atoms in total. The van der Waals surface area contributed by atoms with Gasteiger partial charge in [0.05, 0.1) is 12.4 Å². The number of amides is 2. The van der Waals surface area contributed by atoms with Gasteiger partial charge in [0.1, 0.15) is 11.5 Å². The van der Waals surface area contributed by atoms with Crippen LogP contribution in [0.4, 0.5) is 5.82 Å². The van der Waals surface area contributed by atoms with Crippen LogP contribution in [0.15, 0.2) is 12.4 Å². The summed E-state index contributed by atoms with van der Waals surface area (Å²) < 4.78 is 0. The van der Waals surface area contributed by atoms with Gasteiger partial charge in [0.2, 0.25) is 5.91 Å². The number of nitrogens with two attached hydrogens (primary N) is 1. The van der Waals surface area contributed by atoms with Gasteiger partial charge in [-0.05, 0) is 0 Å². The van der Waals surface area contributed by atoms with Crippen molar-refractivity contribution in [2.75, 3.05) is 18.9 Å². The van der Waals surface area contributed by atoms with Crippen LogP contribution in [0.5, 0.6) is 0 Å². The smallest absolute Gasteiger partial charge is 0.271 e. The second-order valence-electron chi connectivity index (χ2n) is 3.01. The molecule has 1 aromatic heterocycles. The van der Waals surface area contributed by atoms with Crippen molar-refractivity contribution in [2.24, 2.45) is 5.73 Å². The predicted octanol–water partition coefficient (Wildman–Crippen LogP) is -0.876. The fourth-order valence-electron chi connectivity index (χ4n) is 0.986. The molecule has 86 valence electrons. The van der Waals surface area contributed by atoms with E-state index >= 15 is 0 Å². The lowest BCUT2D eigenvalue weighted by Gasteiger charge is -2.04. The number of rotatable bonds is 5. The first-order valence-electron chi connectivity index (χ1n) is 4.69. The lowest BCUT2D eigenvalue weighted by atomic mass is 10.3. The van der Waals surface area contributed by atoms with Crippen LogP contribution < -0.4 is 16.4 Å². The Balaban J connectivity index is 2.55. The molecule has 2 amide bonds. The summed E-state index contributed by atoms with van der Waals surface area (Å²) in [5.74, 6) is -0.344. The van der Waals surface area contributed by atoms with E-state index in [1.54, 1.807) is 7.05 Å². The minimum Gasteiger partial charge on any atom is -0.372 e. The molecule has 16 heavy (non-hydrogen) atoms. The summed E-state index contributed by atoms with van der Waals surface area (Å²) in [7, 11) is 1.68. The van der Waals surface area contributed by atoms with Gasteiger partial charge in [-0.1, -0.05) is 0 Å². The molecular weight excluding hydrogens is 210 g/mol. The van der Waals surface area contributed by atoms with Gasteiger partial charge in [0, 0.05) is 20.0 Å². The number of hydrogen-bond donors (Lipinski definition) is 3. The van der Waals surface area contributed by atoms with Gasteiger partial charge in [0.25, 0.3) is 5.91 Å². The third kappa shape index (κ3) is 3.52. The Labute approximate surface area is 92.5 Å². The standard InChI is InChI=1S/C9H13N5O2/c1-11-8-5-12-4-6(14-8)9(16)13-3-2-7(10)15/h4-5H,2-3H2,1H3,(H2,10,15)(H,11,14)(H,13,16). The summed E-state index contributed by atoms with van der Waals surface area (Å²) in [6.45, 7) is 0.194. The first-order chi connectivity index (χ1) is 7.63. The van der Waals surface area contributed by atoms with Crippen LogP contribution in [-0.2, 0) is 4.79 Å². The van der Waals surface area contributed by atoms with Gasteiger partial charge in [-0.2, -0.15) is 0 Å². The van der Waals surface area contributed by atoms with E-state index in [9.17, 15) is 9.59 Å². The van der Waals surface area contributed by atoms with Crippen molar-refractivity contribution in [3.8, 4) is 0 Å². The molecule has 0 aliphatic rings. The highest BCUT2D eigenvalue weighted by Gasteiger charge is 2.08. The molecule has 1 aromatic rings. The molecular formula is C9H13N5O2. The fraction of sp³-hybridized carbons (Fsp3) is 0.333. The zero-order chi connectivity index (χ0) is 12.0. The van der Waals surface area contributed by atoms with E-state index in [-0.39, 0.29) is 24.6 Å². The van der Waals surface area contributed by atoms with Crippen LogP contribution in [0.2, 0.25) is 0 Å². The Morgan fingerprint density at radius 1 is 1.44 bits per heavy atom. The van der Waals surface area contributed by atoms with E-state index in [2.05, 4.69) is 20.6 Å². The second kappa shape index (κ2) is 5.64. The first kappa shape index (κ1) is 11.9.